The number of rotatable bonds is 5. The average molecular weight is 250 g/mol. The molecule has 0 N–H and O–H groups in total. The summed E-state index contributed by atoms with van der Waals surface area (Å²) in [6, 6.07) is 5.79. The normalized spacial score (nSPS) is 15.2. The average Bonchev–Trinajstić information content (AvgIpc) is 2.82. The molecule has 1 aromatic carbocycles. The van der Waals surface area contributed by atoms with E-state index in [0.717, 1.165) is 30.8 Å². The highest BCUT2D eigenvalue weighted by Crippen LogP contribution is 2.26. The third-order valence-electron chi connectivity index (χ3n) is 3.09. The fourth-order valence-electron chi connectivity index (χ4n) is 1.78. The van der Waals surface area contributed by atoms with Crippen LogP contribution in [0.4, 0.5) is 0 Å². The van der Waals surface area contributed by atoms with Crippen LogP contribution in [-0.4, -0.2) is 23.4 Å². The van der Waals surface area contributed by atoms with Crippen molar-refractivity contribution in [3.63, 3.8) is 0 Å². The molecule has 1 aliphatic rings. The largest absolute Gasteiger partial charge is 0.493 e. The van der Waals surface area contributed by atoms with E-state index in [1.807, 2.05) is 18.2 Å². The van der Waals surface area contributed by atoms with Crippen molar-refractivity contribution in [2.45, 2.75) is 31.9 Å². The fraction of sp³-hybridized carbons (Fsp3) is 0.500. The molecule has 0 spiro atoms. The van der Waals surface area contributed by atoms with E-state index in [-0.39, 0.29) is 5.78 Å². The molecule has 92 valence electrons. The Morgan fingerprint density at radius 2 is 2.35 bits per heavy atom. The minimum Gasteiger partial charge on any atom is -0.493 e. The van der Waals surface area contributed by atoms with Gasteiger partial charge in [0, 0.05) is 17.2 Å². The number of ketones is 1. The summed E-state index contributed by atoms with van der Waals surface area (Å²) >= 11 is 1.73. The molecule has 17 heavy (non-hydrogen) atoms. The molecule has 0 aromatic heterocycles. The standard InChI is InChI=1S/C14H18O2S/c1-3-10(2)17-9-13(15)11-4-5-14-12(8-11)6-7-16-14/h4-5,8,10H,3,6-7,9H2,1-2H3. The highest BCUT2D eigenvalue weighted by atomic mass is 32.2. The SMILES string of the molecule is CCC(C)SCC(=O)c1ccc2c(c1)CCO2. The first-order valence-corrected chi connectivity index (χ1v) is 7.16. The van der Waals surface area contributed by atoms with Gasteiger partial charge in [0.15, 0.2) is 5.78 Å². The van der Waals surface area contributed by atoms with Gasteiger partial charge in [0.2, 0.25) is 0 Å². The molecule has 1 aliphatic heterocycles. The molecule has 0 radical (unpaired) electrons. The zero-order valence-electron chi connectivity index (χ0n) is 10.4. The van der Waals surface area contributed by atoms with Crippen molar-refractivity contribution in [2.24, 2.45) is 0 Å². The first-order chi connectivity index (χ1) is 8.20. The number of Topliss-reactive ketones (excluding diaryl/α,β-unsaturated/α-hetero) is 1. The van der Waals surface area contributed by atoms with E-state index < -0.39 is 0 Å². The minimum atomic E-state index is 0.227. The molecule has 0 fully saturated rings. The van der Waals surface area contributed by atoms with Gasteiger partial charge in [0.25, 0.3) is 0 Å². The van der Waals surface area contributed by atoms with Gasteiger partial charge in [0.1, 0.15) is 5.75 Å². The summed E-state index contributed by atoms with van der Waals surface area (Å²) in [6.07, 6.45) is 2.03. The van der Waals surface area contributed by atoms with Gasteiger partial charge in [-0.15, -0.1) is 0 Å². The van der Waals surface area contributed by atoms with Gasteiger partial charge >= 0.3 is 0 Å². The number of benzene rings is 1. The van der Waals surface area contributed by atoms with E-state index in [9.17, 15) is 4.79 Å². The van der Waals surface area contributed by atoms with E-state index in [2.05, 4.69) is 13.8 Å². The lowest BCUT2D eigenvalue weighted by atomic mass is 10.1. The first-order valence-electron chi connectivity index (χ1n) is 6.11. The summed E-state index contributed by atoms with van der Waals surface area (Å²) in [4.78, 5) is 12.0. The smallest absolute Gasteiger partial charge is 0.172 e. The lowest BCUT2D eigenvalue weighted by Crippen LogP contribution is -2.06. The molecule has 3 heteroatoms. The Labute approximate surface area is 107 Å². The van der Waals surface area contributed by atoms with Crippen LogP contribution in [-0.2, 0) is 6.42 Å². The van der Waals surface area contributed by atoms with Crippen molar-refractivity contribution in [3.05, 3.63) is 29.3 Å². The van der Waals surface area contributed by atoms with E-state index >= 15 is 0 Å². The number of carbonyl (C=O) groups excluding carboxylic acids is 1. The quantitative estimate of drug-likeness (QED) is 0.750. The molecule has 0 saturated heterocycles. The van der Waals surface area contributed by atoms with E-state index in [4.69, 9.17) is 4.74 Å². The Kier molecular flexibility index (Phi) is 4.11. The maximum atomic E-state index is 12.0. The summed E-state index contributed by atoms with van der Waals surface area (Å²) in [7, 11) is 0. The predicted octanol–water partition coefficient (Wildman–Crippen LogP) is 3.34. The molecule has 0 saturated carbocycles. The molecule has 2 rings (SSSR count). The lowest BCUT2D eigenvalue weighted by molar-refractivity contribution is 0.102. The van der Waals surface area contributed by atoms with Gasteiger partial charge < -0.3 is 4.74 Å². The summed E-state index contributed by atoms with van der Waals surface area (Å²) in [6.45, 7) is 5.05. The van der Waals surface area contributed by atoms with Crippen molar-refractivity contribution < 1.29 is 9.53 Å². The highest BCUT2D eigenvalue weighted by molar-refractivity contribution is 8.00. The predicted molar refractivity (Wildman–Crippen MR) is 72.2 cm³/mol. The van der Waals surface area contributed by atoms with Crippen LogP contribution >= 0.6 is 11.8 Å². The second-order valence-corrected chi connectivity index (χ2v) is 5.80. The Morgan fingerprint density at radius 3 is 3.12 bits per heavy atom. The molecule has 0 bridgehead atoms. The number of carbonyl (C=O) groups is 1. The Hall–Kier alpha value is -0.960. The zero-order chi connectivity index (χ0) is 12.3. The van der Waals surface area contributed by atoms with Gasteiger partial charge in [0.05, 0.1) is 12.4 Å². The third kappa shape index (κ3) is 3.03. The van der Waals surface area contributed by atoms with E-state index in [1.54, 1.807) is 11.8 Å². The fourth-order valence-corrected chi connectivity index (χ4v) is 2.62. The van der Waals surface area contributed by atoms with Crippen LogP contribution in [0.3, 0.4) is 0 Å². The van der Waals surface area contributed by atoms with Crippen molar-refractivity contribution in [1.29, 1.82) is 0 Å². The van der Waals surface area contributed by atoms with Crippen LogP contribution in [0, 0.1) is 0 Å². The van der Waals surface area contributed by atoms with Gasteiger partial charge in [-0.05, 0) is 30.2 Å². The molecule has 0 aliphatic carbocycles. The number of ether oxygens (including phenoxy) is 1. The second-order valence-electron chi connectivity index (χ2n) is 4.37. The topological polar surface area (TPSA) is 26.3 Å². The molecule has 2 nitrogen and oxygen atoms in total. The molecular formula is C14H18O2S. The molecule has 1 aromatic rings. The Morgan fingerprint density at radius 1 is 1.53 bits per heavy atom. The lowest BCUT2D eigenvalue weighted by Gasteiger charge is -2.07. The van der Waals surface area contributed by atoms with Gasteiger partial charge in [-0.3, -0.25) is 4.79 Å². The van der Waals surface area contributed by atoms with E-state index in [0.29, 0.717) is 11.0 Å². The number of hydrogen-bond donors (Lipinski definition) is 0. The first kappa shape index (κ1) is 12.5. The third-order valence-corrected chi connectivity index (χ3v) is 4.42. The zero-order valence-corrected chi connectivity index (χ0v) is 11.2. The highest BCUT2D eigenvalue weighted by Gasteiger charge is 2.15. The Balaban J connectivity index is 2.00. The van der Waals surface area contributed by atoms with Crippen LogP contribution in [0.2, 0.25) is 0 Å². The van der Waals surface area contributed by atoms with Crippen molar-refractivity contribution in [2.75, 3.05) is 12.4 Å². The van der Waals surface area contributed by atoms with Crippen LogP contribution < -0.4 is 4.74 Å². The summed E-state index contributed by atoms with van der Waals surface area (Å²) in [5.41, 5.74) is 1.99. The number of fused-ring (bicyclic) bond motifs is 1. The number of hydrogen-bond acceptors (Lipinski definition) is 3. The van der Waals surface area contributed by atoms with Crippen molar-refractivity contribution >= 4 is 17.5 Å². The minimum absolute atomic E-state index is 0.227. The van der Waals surface area contributed by atoms with Gasteiger partial charge in [-0.2, -0.15) is 11.8 Å². The summed E-state index contributed by atoms with van der Waals surface area (Å²) in [5, 5.41) is 0.553. The maximum absolute atomic E-state index is 12.0. The molecular weight excluding hydrogens is 232 g/mol. The van der Waals surface area contributed by atoms with Crippen LogP contribution in [0.25, 0.3) is 0 Å². The van der Waals surface area contributed by atoms with Crippen molar-refractivity contribution in [1.82, 2.24) is 0 Å². The number of thioether (sulfide) groups is 1. The van der Waals surface area contributed by atoms with E-state index in [1.165, 1.54) is 5.56 Å². The van der Waals surface area contributed by atoms with Crippen molar-refractivity contribution in [3.8, 4) is 5.75 Å². The second kappa shape index (κ2) is 5.58. The van der Waals surface area contributed by atoms with Crippen LogP contribution in [0.15, 0.2) is 18.2 Å². The summed E-state index contributed by atoms with van der Waals surface area (Å²) < 4.78 is 5.43. The van der Waals surface area contributed by atoms with Crippen LogP contribution in [0.1, 0.15) is 36.2 Å². The van der Waals surface area contributed by atoms with Crippen LogP contribution in [0.5, 0.6) is 5.75 Å². The van der Waals surface area contributed by atoms with Gasteiger partial charge in [-0.25, -0.2) is 0 Å². The maximum Gasteiger partial charge on any atom is 0.172 e. The molecule has 1 heterocycles. The Bertz CT molecular complexity index is 415. The monoisotopic (exact) mass is 250 g/mol. The summed E-state index contributed by atoms with van der Waals surface area (Å²) in [5.74, 6) is 1.75. The molecule has 0 amide bonds. The van der Waals surface area contributed by atoms with Gasteiger partial charge in [-0.1, -0.05) is 13.8 Å². The molecule has 1 unspecified atom stereocenters. The molecule has 1 atom stereocenters.